The second kappa shape index (κ2) is 8.46. The Balaban J connectivity index is 1.59. The zero-order valence-corrected chi connectivity index (χ0v) is 14.4. The molecule has 0 unspecified atom stereocenters. The minimum atomic E-state index is -0.177. The van der Waals surface area contributed by atoms with Crippen molar-refractivity contribution in [2.24, 2.45) is 0 Å². The Labute approximate surface area is 147 Å². The first-order valence-electron chi connectivity index (χ1n) is 8.86. The van der Waals surface area contributed by atoms with Crippen LogP contribution in [0.25, 0.3) is 0 Å². The van der Waals surface area contributed by atoms with Crippen LogP contribution in [0.3, 0.4) is 0 Å². The van der Waals surface area contributed by atoms with Crippen LogP contribution in [-0.2, 0) is 16.1 Å². The molecule has 6 nitrogen and oxygen atoms in total. The highest BCUT2D eigenvalue weighted by atomic mass is 16.2. The van der Waals surface area contributed by atoms with Crippen LogP contribution in [0.2, 0.25) is 0 Å². The molecule has 1 saturated heterocycles. The third kappa shape index (κ3) is 4.92. The molecule has 2 amide bonds. The number of carbonyl (C=O) groups excluding carboxylic acids is 2. The molecule has 1 aliphatic heterocycles. The molecule has 0 aliphatic carbocycles. The monoisotopic (exact) mass is 340 g/mol. The molecular formula is C19H24N4O2. The molecule has 0 atom stereocenters. The van der Waals surface area contributed by atoms with Gasteiger partial charge in [0.15, 0.2) is 0 Å². The summed E-state index contributed by atoms with van der Waals surface area (Å²) in [6.45, 7) is 1.36. The quantitative estimate of drug-likeness (QED) is 0.910. The second-order valence-electron chi connectivity index (χ2n) is 6.39. The number of rotatable bonds is 5. The minimum absolute atomic E-state index is 0.0765. The number of nitrogens with one attached hydrogen (secondary N) is 1. The van der Waals surface area contributed by atoms with E-state index in [0.717, 1.165) is 31.2 Å². The SMILES string of the molecule is O=C(CN1CCCCCCC1=O)Nc1ccnn1Cc1ccccc1. The zero-order chi connectivity index (χ0) is 17.5. The largest absolute Gasteiger partial charge is 0.333 e. The molecule has 2 aromatic rings. The Bertz CT molecular complexity index is 711. The van der Waals surface area contributed by atoms with Crippen molar-refractivity contribution in [1.82, 2.24) is 14.7 Å². The van der Waals surface area contributed by atoms with Gasteiger partial charge in [0.2, 0.25) is 11.8 Å². The van der Waals surface area contributed by atoms with Gasteiger partial charge in [-0.1, -0.05) is 43.2 Å². The maximum Gasteiger partial charge on any atom is 0.245 e. The van der Waals surface area contributed by atoms with Crippen LogP contribution in [0, 0.1) is 0 Å². The standard InChI is InChI=1S/C19H24N4O2/c24-18(15-22-13-7-2-1-6-10-19(22)25)21-17-11-12-20-23(17)14-16-8-4-3-5-9-16/h3-5,8-9,11-12H,1-2,6-7,10,13-15H2,(H,21,24). The predicted molar refractivity (Wildman–Crippen MR) is 96.1 cm³/mol. The van der Waals surface area contributed by atoms with E-state index in [4.69, 9.17) is 0 Å². The van der Waals surface area contributed by atoms with Gasteiger partial charge < -0.3 is 10.2 Å². The number of hydrogen-bond donors (Lipinski definition) is 1. The number of benzene rings is 1. The molecule has 1 fully saturated rings. The number of carbonyl (C=O) groups is 2. The Morgan fingerprint density at radius 1 is 1.08 bits per heavy atom. The average molecular weight is 340 g/mol. The fourth-order valence-corrected chi connectivity index (χ4v) is 3.06. The Kier molecular flexibility index (Phi) is 5.82. The molecule has 2 heterocycles. The minimum Gasteiger partial charge on any atom is -0.333 e. The first kappa shape index (κ1) is 17.2. The number of hydrogen-bond acceptors (Lipinski definition) is 3. The molecular weight excluding hydrogens is 316 g/mol. The third-order valence-corrected chi connectivity index (χ3v) is 4.42. The van der Waals surface area contributed by atoms with Gasteiger partial charge in [-0.3, -0.25) is 9.59 Å². The summed E-state index contributed by atoms with van der Waals surface area (Å²) in [4.78, 5) is 26.2. The number of amides is 2. The molecule has 25 heavy (non-hydrogen) atoms. The summed E-state index contributed by atoms with van der Waals surface area (Å²) in [5.74, 6) is 0.546. The molecule has 0 spiro atoms. The molecule has 0 bridgehead atoms. The highest BCUT2D eigenvalue weighted by Gasteiger charge is 2.19. The lowest BCUT2D eigenvalue weighted by atomic mass is 10.1. The maximum atomic E-state index is 12.4. The van der Waals surface area contributed by atoms with E-state index in [9.17, 15) is 9.59 Å². The van der Waals surface area contributed by atoms with E-state index in [0.29, 0.717) is 25.3 Å². The molecule has 132 valence electrons. The van der Waals surface area contributed by atoms with Gasteiger partial charge in [0, 0.05) is 19.0 Å². The molecule has 1 aromatic heterocycles. The fraction of sp³-hybridized carbons (Fsp3) is 0.421. The van der Waals surface area contributed by atoms with Crippen molar-refractivity contribution in [2.75, 3.05) is 18.4 Å². The van der Waals surface area contributed by atoms with Gasteiger partial charge in [-0.05, 0) is 18.4 Å². The van der Waals surface area contributed by atoms with E-state index >= 15 is 0 Å². The summed E-state index contributed by atoms with van der Waals surface area (Å²) in [6.07, 6.45) is 6.31. The van der Waals surface area contributed by atoms with Crippen molar-refractivity contribution < 1.29 is 9.59 Å². The molecule has 3 rings (SSSR count). The molecule has 0 radical (unpaired) electrons. The summed E-state index contributed by atoms with van der Waals surface area (Å²) in [6, 6.07) is 11.7. The summed E-state index contributed by atoms with van der Waals surface area (Å²) in [7, 11) is 0. The summed E-state index contributed by atoms with van der Waals surface area (Å²) < 4.78 is 1.75. The van der Waals surface area contributed by atoms with Gasteiger partial charge in [-0.25, -0.2) is 4.68 Å². The third-order valence-electron chi connectivity index (χ3n) is 4.42. The van der Waals surface area contributed by atoms with Crippen molar-refractivity contribution in [3.8, 4) is 0 Å². The average Bonchev–Trinajstić information content (AvgIpc) is 3.02. The van der Waals surface area contributed by atoms with Crippen LogP contribution in [-0.4, -0.2) is 39.6 Å². The van der Waals surface area contributed by atoms with Gasteiger partial charge >= 0.3 is 0 Å². The lowest BCUT2D eigenvalue weighted by Crippen LogP contribution is -2.39. The Hall–Kier alpha value is -2.63. The van der Waals surface area contributed by atoms with E-state index in [1.807, 2.05) is 30.3 Å². The van der Waals surface area contributed by atoms with Crippen molar-refractivity contribution in [3.05, 3.63) is 48.2 Å². The lowest BCUT2D eigenvalue weighted by Gasteiger charge is -2.24. The summed E-state index contributed by atoms with van der Waals surface area (Å²) in [5.41, 5.74) is 1.11. The van der Waals surface area contributed by atoms with E-state index in [1.165, 1.54) is 0 Å². The summed E-state index contributed by atoms with van der Waals surface area (Å²) in [5, 5.41) is 7.16. The number of anilines is 1. The van der Waals surface area contributed by atoms with Crippen LogP contribution in [0.1, 0.15) is 37.7 Å². The molecule has 1 N–H and O–H groups in total. The number of aromatic nitrogens is 2. The first-order valence-corrected chi connectivity index (χ1v) is 8.86. The smallest absolute Gasteiger partial charge is 0.245 e. The highest BCUT2D eigenvalue weighted by molar-refractivity contribution is 5.93. The highest BCUT2D eigenvalue weighted by Crippen LogP contribution is 2.13. The van der Waals surface area contributed by atoms with Crippen molar-refractivity contribution in [1.29, 1.82) is 0 Å². The molecule has 1 aliphatic rings. The lowest BCUT2D eigenvalue weighted by molar-refractivity contribution is -0.135. The van der Waals surface area contributed by atoms with Gasteiger partial charge in [0.1, 0.15) is 5.82 Å². The van der Waals surface area contributed by atoms with Gasteiger partial charge in [-0.15, -0.1) is 0 Å². The zero-order valence-electron chi connectivity index (χ0n) is 14.4. The first-order chi connectivity index (χ1) is 12.2. The van der Waals surface area contributed by atoms with Crippen molar-refractivity contribution in [2.45, 2.75) is 38.6 Å². The van der Waals surface area contributed by atoms with Gasteiger partial charge in [0.25, 0.3) is 0 Å². The fourth-order valence-electron chi connectivity index (χ4n) is 3.06. The van der Waals surface area contributed by atoms with Crippen LogP contribution >= 0.6 is 0 Å². The molecule has 6 heteroatoms. The van der Waals surface area contributed by atoms with Crippen LogP contribution in [0.15, 0.2) is 42.6 Å². The Morgan fingerprint density at radius 2 is 1.88 bits per heavy atom. The van der Waals surface area contributed by atoms with E-state index in [2.05, 4.69) is 10.4 Å². The second-order valence-corrected chi connectivity index (χ2v) is 6.39. The number of nitrogens with zero attached hydrogens (tertiary/aromatic N) is 3. The van der Waals surface area contributed by atoms with Crippen LogP contribution in [0.5, 0.6) is 0 Å². The predicted octanol–water partition coefficient (Wildman–Crippen LogP) is 2.66. The van der Waals surface area contributed by atoms with Gasteiger partial charge in [-0.2, -0.15) is 5.10 Å². The van der Waals surface area contributed by atoms with Crippen molar-refractivity contribution in [3.63, 3.8) is 0 Å². The van der Waals surface area contributed by atoms with E-state index in [-0.39, 0.29) is 18.4 Å². The van der Waals surface area contributed by atoms with E-state index < -0.39 is 0 Å². The maximum absolute atomic E-state index is 12.4. The Morgan fingerprint density at radius 3 is 2.72 bits per heavy atom. The normalized spacial score (nSPS) is 15.5. The summed E-state index contributed by atoms with van der Waals surface area (Å²) >= 11 is 0. The topological polar surface area (TPSA) is 67.2 Å². The van der Waals surface area contributed by atoms with E-state index in [1.54, 1.807) is 21.8 Å². The van der Waals surface area contributed by atoms with Gasteiger partial charge in [0.05, 0.1) is 19.3 Å². The van der Waals surface area contributed by atoms with Crippen LogP contribution < -0.4 is 5.32 Å². The number of likely N-dealkylation sites (tertiary alicyclic amines) is 1. The van der Waals surface area contributed by atoms with Crippen molar-refractivity contribution >= 4 is 17.6 Å². The molecule has 0 saturated carbocycles. The molecule has 1 aromatic carbocycles. The van der Waals surface area contributed by atoms with Crippen LogP contribution in [0.4, 0.5) is 5.82 Å².